The molecule has 1 aromatic heterocycles. The molecule has 116 valence electrons. The first kappa shape index (κ1) is 15.5. The number of pyridine rings is 1. The minimum absolute atomic E-state index is 0.120. The number of aryl methyl sites for hydroxylation is 1. The molecule has 0 N–H and O–H groups in total. The summed E-state index contributed by atoms with van der Waals surface area (Å²) in [6, 6.07) is 2.92. The van der Waals surface area contributed by atoms with E-state index in [0.29, 0.717) is 5.69 Å². The summed E-state index contributed by atoms with van der Waals surface area (Å²) in [5, 5.41) is 11.0. The third-order valence-electron chi connectivity index (χ3n) is 3.27. The zero-order chi connectivity index (χ0) is 15.6. The van der Waals surface area contributed by atoms with E-state index < -0.39 is 17.6 Å². The van der Waals surface area contributed by atoms with E-state index >= 15 is 0 Å². The lowest BCUT2D eigenvalue weighted by Crippen LogP contribution is -2.49. The van der Waals surface area contributed by atoms with Gasteiger partial charge in [0.05, 0.1) is 11.5 Å². The lowest BCUT2D eigenvalue weighted by atomic mass is 10.2. The summed E-state index contributed by atoms with van der Waals surface area (Å²) in [4.78, 5) is 17.6. The molecule has 0 unspecified atom stereocenters. The maximum Gasteiger partial charge on any atom is 0.401 e. The van der Waals surface area contributed by atoms with Crippen molar-refractivity contribution in [2.24, 2.45) is 0 Å². The van der Waals surface area contributed by atoms with Crippen LogP contribution >= 0.6 is 0 Å². The molecule has 2 rings (SSSR count). The predicted molar refractivity (Wildman–Crippen MR) is 70.3 cm³/mol. The number of rotatable bonds is 3. The van der Waals surface area contributed by atoms with Gasteiger partial charge in [-0.25, -0.2) is 4.98 Å². The molecule has 2 heterocycles. The Labute approximate surface area is 119 Å². The Balaban J connectivity index is 2.09. The summed E-state index contributed by atoms with van der Waals surface area (Å²) in [5.74, 6) is 0.228. The number of halogens is 3. The highest BCUT2D eigenvalue weighted by atomic mass is 19.4. The molecule has 1 aliphatic heterocycles. The van der Waals surface area contributed by atoms with Crippen molar-refractivity contribution < 1.29 is 18.1 Å². The molecule has 1 aromatic rings. The quantitative estimate of drug-likeness (QED) is 0.631. The van der Waals surface area contributed by atoms with Crippen LogP contribution in [0.4, 0.5) is 24.7 Å². The molecule has 1 aliphatic rings. The number of nitro groups is 1. The molecule has 0 bridgehead atoms. The summed E-state index contributed by atoms with van der Waals surface area (Å²) in [6.45, 7) is 1.73. The summed E-state index contributed by atoms with van der Waals surface area (Å²) in [5.41, 5.74) is 0.512. The molecular weight excluding hydrogens is 289 g/mol. The predicted octanol–water partition coefficient (Wildman–Crippen LogP) is 1.98. The summed E-state index contributed by atoms with van der Waals surface area (Å²) < 4.78 is 37.0. The summed E-state index contributed by atoms with van der Waals surface area (Å²) in [6.07, 6.45) is -4.23. The van der Waals surface area contributed by atoms with Gasteiger partial charge >= 0.3 is 11.9 Å². The van der Waals surface area contributed by atoms with Gasteiger partial charge in [-0.15, -0.1) is 0 Å². The Morgan fingerprint density at radius 2 is 1.90 bits per heavy atom. The van der Waals surface area contributed by atoms with Crippen molar-refractivity contribution in [3.05, 3.63) is 27.9 Å². The van der Waals surface area contributed by atoms with Gasteiger partial charge in [0, 0.05) is 37.9 Å². The fourth-order valence-electron chi connectivity index (χ4n) is 2.28. The molecule has 0 amide bonds. The van der Waals surface area contributed by atoms with Gasteiger partial charge in [0.15, 0.2) is 0 Å². The monoisotopic (exact) mass is 304 g/mol. The first-order chi connectivity index (χ1) is 9.76. The highest BCUT2D eigenvalue weighted by Gasteiger charge is 2.33. The van der Waals surface area contributed by atoms with Crippen molar-refractivity contribution in [3.8, 4) is 0 Å². The lowest BCUT2D eigenvalue weighted by molar-refractivity contribution is -0.384. The SMILES string of the molecule is Cc1ccc([N+](=O)[O-])c(N2CCN(CC(F)(F)F)CC2)n1. The molecule has 0 atom stereocenters. The average molecular weight is 304 g/mol. The van der Waals surface area contributed by atoms with Gasteiger partial charge in [0.1, 0.15) is 0 Å². The van der Waals surface area contributed by atoms with Crippen LogP contribution in [-0.4, -0.2) is 53.7 Å². The van der Waals surface area contributed by atoms with Crippen molar-refractivity contribution in [1.82, 2.24) is 9.88 Å². The number of nitrogens with zero attached hydrogens (tertiary/aromatic N) is 4. The van der Waals surface area contributed by atoms with Gasteiger partial charge in [-0.3, -0.25) is 15.0 Å². The van der Waals surface area contributed by atoms with Gasteiger partial charge in [-0.2, -0.15) is 13.2 Å². The fourth-order valence-corrected chi connectivity index (χ4v) is 2.28. The lowest BCUT2D eigenvalue weighted by Gasteiger charge is -2.35. The second-order valence-corrected chi connectivity index (χ2v) is 4.93. The summed E-state index contributed by atoms with van der Waals surface area (Å²) in [7, 11) is 0. The van der Waals surface area contributed by atoms with Crippen molar-refractivity contribution in [1.29, 1.82) is 0 Å². The van der Waals surface area contributed by atoms with Crippen LogP contribution < -0.4 is 4.90 Å². The average Bonchev–Trinajstić information content (AvgIpc) is 2.37. The Hall–Kier alpha value is -1.90. The third kappa shape index (κ3) is 4.03. The molecule has 21 heavy (non-hydrogen) atoms. The third-order valence-corrected chi connectivity index (χ3v) is 3.27. The standard InChI is InChI=1S/C12H15F3N4O2/c1-9-2-3-10(19(20)21)11(16-9)18-6-4-17(5-7-18)8-12(13,14)15/h2-3H,4-8H2,1H3. The number of aromatic nitrogens is 1. The van der Waals surface area contributed by atoms with E-state index in [9.17, 15) is 23.3 Å². The van der Waals surface area contributed by atoms with Crippen LogP contribution in [0.2, 0.25) is 0 Å². The van der Waals surface area contributed by atoms with Crippen LogP contribution in [0.1, 0.15) is 5.69 Å². The molecule has 0 aliphatic carbocycles. The van der Waals surface area contributed by atoms with Crippen molar-refractivity contribution in [3.63, 3.8) is 0 Å². The number of hydrogen-bond acceptors (Lipinski definition) is 5. The Morgan fingerprint density at radius 1 is 1.29 bits per heavy atom. The first-order valence-electron chi connectivity index (χ1n) is 6.42. The van der Waals surface area contributed by atoms with E-state index in [1.807, 2.05) is 0 Å². The van der Waals surface area contributed by atoms with Crippen LogP contribution in [0.15, 0.2) is 12.1 Å². The van der Waals surface area contributed by atoms with E-state index in [2.05, 4.69) is 4.98 Å². The molecule has 1 fully saturated rings. The maximum absolute atomic E-state index is 12.3. The molecule has 0 saturated carbocycles. The van der Waals surface area contributed by atoms with Crippen LogP contribution in [0.3, 0.4) is 0 Å². The van der Waals surface area contributed by atoms with Gasteiger partial charge in [0.25, 0.3) is 0 Å². The molecule has 0 radical (unpaired) electrons. The minimum atomic E-state index is -4.23. The van der Waals surface area contributed by atoms with Gasteiger partial charge in [-0.1, -0.05) is 0 Å². The van der Waals surface area contributed by atoms with Gasteiger partial charge in [-0.05, 0) is 13.0 Å². The molecule has 1 saturated heterocycles. The minimum Gasteiger partial charge on any atom is -0.348 e. The fraction of sp³-hybridized carbons (Fsp3) is 0.583. The largest absolute Gasteiger partial charge is 0.401 e. The Bertz CT molecular complexity index is 528. The van der Waals surface area contributed by atoms with Crippen molar-refractivity contribution >= 4 is 11.5 Å². The highest BCUT2D eigenvalue weighted by Crippen LogP contribution is 2.27. The van der Waals surface area contributed by atoms with Crippen LogP contribution in [-0.2, 0) is 0 Å². The Morgan fingerprint density at radius 3 is 2.43 bits per heavy atom. The normalized spacial score (nSPS) is 17.0. The zero-order valence-electron chi connectivity index (χ0n) is 11.4. The Kier molecular flexibility index (Phi) is 4.31. The molecule has 9 heteroatoms. The molecular formula is C12H15F3N4O2. The van der Waals surface area contributed by atoms with E-state index in [0.717, 1.165) is 0 Å². The number of alkyl halides is 3. The summed E-state index contributed by atoms with van der Waals surface area (Å²) >= 11 is 0. The number of anilines is 1. The maximum atomic E-state index is 12.3. The van der Waals surface area contributed by atoms with E-state index in [1.165, 1.54) is 11.0 Å². The van der Waals surface area contributed by atoms with E-state index in [1.54, 1.807) is 17.9 Å². The topological polar surface area (TPSA) is 62.5 Å². The van der Waals surface area contributed by atoms with E-state index in [4.69, 9.17) is 0 Å². The molecule has 0 spiro atoms. The van der Waals surface area contributed by atoms with Crippen molar-refractivity contribution in [2.45, 2.75) is 13.1 Å². The second-order valence-electron chi connectivity index (χ2n) is 4.93. The molecule has 0 aromatic carbocycles. The smallest absolute Gasteiger partial charge is 0.348 e. The highest BCUT2D eigenvalue weighted by molar-refractivity contribution is 5.58. The number of hydrogen-bond donors (Lipinski definition) is 0. The number of piperazine rings is 1. The zero-order valence-corrected chi connectivity index (χ0v) is 11.4. The molecule has 6 nitrogen and oxygen atoms in total. The van der Waals surface area contributed by atoms with E-state index in [-0.39, 0.29) is 37.7 Å². The van der Waals surface area contributed by atoms with Crippen LogP contribution in [0.25, 0.3) is 0 Å². The van der Waals surface area contributed by atoms with Gasteiger partial charge in [0.2, 0.25) is 5.82 Å². The van der Waals surface area contributed by atoms with Crippen LogP contribution in [0, 0.1) is 17.0 Å². The van der Waals surface area contributed by atoms with Crippen LogP contribution in [0.5, 0.6) is 0 Å². The first-order valence-corrected chi connectivity index (χ1v) is 6.42. The van der Waals surface area contributed by atoms with Crippen molar-refractivity contribution in [2.75, 3.05) is 37.6 Å². The van der Waals surface area contributed by atoms with Gasteiger partial charge < -0.3 is 4.90 Å². The second kappa shape index (κ2) is 5.84.